The Bertz CT molecular complexity index is 868. The van der Waals surface area contributed by atoms with Gasteiger partial charge in [0.25, 0.3) is 11.6 Å². The molecule has 1 amide bonds. The largest absolute Gasteiger partial charge is 0.457 e. The third-order valence-corrected chi connectivity index (χ3v) is 3.58. The van der Waals surface area contributed by atoms with Crippen molar-refractivity contribution < 1.29 is 14.5 Å². The van der Waals surface area contributed by atoms with E-state index < -0.39 is 10.8 Å². The molecule has 0 fully saturated rings. The van der Waals surface area contributed by atoms with Gasteiger partial charge in [-0.2, -0.15) is 0 Å². The van der Waals surface area contributed by atoms with E-state index in [1.165, 1.54) is 17.6 Å². The van der Waals surface area contributed by atoms with Crippen molar-refractivity contribution in [2.45, 2.75) is 0 Å². The van der Waals surface area contributed by atoms with E-state index in [0.717, 1.165) is 17.4 Å². The molecule has 0 bridgehead atoms. The van der Waals surface area contributed by atoms with Crippen LogP contribution >= 0.6 is 11.3 Å². The number of aromatic nitrogens is 2. The van der Waals surface area contributed by atoms with Crippen molar-refractivity contribution in [1.82, 2.24) is 10.2 Å². The molecule has 9 heteroatoms. The highest BCUT2D eigenvalue weighted by Crippen LogP contribution is 2.29. The van der Waals surface area contributed by atoms with Gasteiger partial charge in [-0.1, -0.05) is 29.5 Å². The molecule has 0 aliphatic heterocycles. The predicted molar refractivity (Wildman–Crippen MR) is 87.5 cm³/mol. The van der Waals surface area contributed by atoms with Crippen LogP contribution in [0.5, 0.6) is 11.5 Å². The summed E-state index contributed by atoms with van der Waals surface area (Å²) >= 11 is 1.14. The zero-order chi connectivity index (χ0) is 16.9. The van der Waals surface area contributed by atoms with E-state index in [0.29, 0.717) is 5.75 Å². The van der Waals surface area contributed by atoms with Crippen LogP contribution in [0.1, 0.15) is 10.4 Å². The number of hydrogen-bond donors (Lipinski definition) is 1. The molecular weight excluding hydrogens is 332 g/mol. The molecule has 0 saturated carbocycles. The molecular formula is C15H10N4O4S. The number of nitro benzene ring substituents is 1. The maximum atomic E-state index is 12.4. The number of ether oxygens (including phenoxy) is 1. The summed E-state index contributed by atoms with van der Waals surface area (Å²) in [6.07, 6.45) is 0. The summed E-state index contributed by atoms with van der Waals surface area (Å²) < 4.78 is 5.67. The second kappa shape index (κ2) is 6.84. The highest BCUT2D eigenvalue weighted by atomic mass is 32.1. The minimum atomic E-state index is -0.575. The molecule has 0 saturated heterocycles. The van der Waals surface area contributed by atoms with E-state index in [1.807, 2.05) is 6.07 Å². The molecule has 0 aliphatic carbocycles. The van der Waals surface area contributed by atoms with Gasteiger partial charge in [-0.25, -0.2) is 0 Å². The molecule has 3 rings (SSSR count). The Hall–Kier alpha value is -3.33. The van der Waals surface area contributed by atoms with Crippen molar-refractivity contribution >= 4 is 28.1 Å². The lowest BCUT2D eigenvalue weighted by molar-refractivity contribution is -0.384. The first kappa shape index (κ1) is 15.6. The van der Waals surface area contributed by atoms with Crippen molar-refractivity contribution in [2.75, 3.05) is 5.32 Å². The van der Waals surface area contributed by atoms with E-state index in [2.05, 4.69) is 15.5 Å². The van der Waals surface area contributed by atoms with Gasteiger partial charge < -0.3 is 4.74 Å². The van der Waals surface area contributed by atoms with Gasteiger partial charge in [0.2, 0.25) is 5.13 Å². The Labute approximate surface area is 139 Å². The average molecular weight is 342 g/mol. The van der Waals surface area contributed by atoms with Crippen LogP contribution in [0.4, 0.5) is 10.8 Å². The normalized spacial score (nSPS) is 10.2. The van der Waals surface area contributed by atoms with Gasteiger partial charge in [0, 0.05) is 12.1 Å². The topological polar surface area (TPSA) is 107 Å². The van der Waals surface area contributed by atoms with Crippen molar-refractivity contribution in [1.29, 1.82) is 0 Å². The van der Waals surface area contributed by atoms with E-state index >= 15 is 0 Å². The summed E-state index contributed by atoms with van der Waals surface area (Å²) in [5.41, 5.74) is 1.28. The second-order valence-electron chi connectivity index (χ2n) is 4.55. The summed E-state index contributed by atoms with van der Waals surface area (Å²) in [6, 6.07) is 12.6. The van der Waals surface area contributed by atoms with Crippen LogP contribution in [0.25, 0.3) is 0 Å². The number of nitrogens with zero attached hydrogens (tertiary/aromatic N) is 3. The van der Waals surface area contributed by atoms with Gasteiger partial charge in [-0.15, -0.1) is 10.2 Å². The Morgan fingerprint density at radius 3 is 2.67 bits per heavy atom. The summed E-state index contributed by atoms with van der Waals surface area (Å²) in [7, 11) is 0. The van der Waals surface area contributed by atoms with E-state index in [4.69, 9.17) is 4.74 Å². The fourth-order valence-corrected chi connectivity index (χ4v) is 2.35. The SMILES string of the molecule is O=C(Nc1nncs1)c1cc([N+](=O)[O-])ccc1Oc1ccccc1. The zero-order valence-electron chi connectivity index (χ0n) is 12.1. The molecule has 0 radical (unpaired) electrons. The summed E-state index contributed by atoms with van der Waals surface area (Å²) in [6.45, 7) is 0. The van der Waals surface area contributed by atoms with Crippen LogP contribution in [-0.2, 0) is 0 Å². The minimum absolute atomic E-state index is 0.0308. The number of nitrogens with one attached hydrogen (secondary N) is 1. The smallest absolute Gasteiger partial charge is 0.270 e. The lowest BCUT2D eigenvalue weighted by atomic mass is 10.1. The van der Waals surface area contributed by atoms with Crippen LogP contribution in [0.2, 0.25) is 0 Å². The zero-order valence-corrected chi connectivity index (χ0v) is 12.9. The highest BCUT2D eigenvalue weighted by molar-refractivity contribution is 7.13. The summed E-state index contributed by atoms with van der Waals surface area (Å²) in [5, 5.41) is 21.1. The number of rotatable bonds is 5. The van der Waals surface area contributed by atoms with Crippen molar-refractivity contribution in [3.05, 3.63) is 69.7 Å². The van der Waals surface area contributed by atoms with Crippen LogP contribution in [0, 0.1) is 10.1 Å². The minimum Gasteiger partial charge on any atom is -0.457 e. The predicted octanol–water partition coefficient (Wildman–Crippen LogP) is 3.49. The Balaban J connectivity index is 1.95. The molecule has 1 N–H and O–H groups in total. The number of carbonyl (C=O) groups excluding carboxylic acids is 1. The van der Waals surface area contributed by atoms with Crippen LogP contribution in [0.3, 0.4) is 0 Å². The lowest BCUT2D eigenvalue weighted by Crippen LogP contribution is -2.13. The van der Waals surface area contributed by atoms with Gasteiger partial charge in [-0.3, -0.25) is 20.2 Å². The molecule has 3 aromatic rings. The van der Waals surface area contributed by atoms with Crippen molar-refractivity contribution in [3.63, 3.8) is 0 Å². The van der Waals surface area contributed by atoms with E-state index in [1.54, 1.807) is 24.3 Å². The number of carbonyl (C=O) groups is 1. The number of amides is 1. The molecule has 0 atom stereocenters. The van der Waals surface area contributed by atoms with Gasteiger partial charge in [0.15, 0.2) is 0 Å². The first-order chi connectivity index (χ1) is 11.6. The molecule has 0 unspecified atom stereocenters. The highest BCUT2D eigenvalue weighted by Gasteiger charge is 2.19. The van der Waals surface area contributed by atoms with E-state index in [-0.39, 0.29) is 22.1 Å². The number of benzene rings is 2. The average Bonchev–Trinajstić information content (AvgIpc) is 3.09. The first-order valence-electron chi connectivity index (χ1n) is 6.72. The quantitative estimate of drug-likeness (QED) is 0.562. The monoisotopic (exact) mass is 342 g/mol. The van der Waals surface area contributed by atoms with Gasteiger partial charge in [0.1, 0.15) is 17.0 Å². The molecule has 2 aromatic carbocycles. The third kappa shape index (κ3) is 3.52. The number of anilines is 1. The molecule has 8 nitrogen and oxygen atoms in total. The molecule has 1 heterocycles. The van der Waals surface area contributed by atoms with Gasteiger partial charge in [0.05, 0.1) is 10.5 Å². The standard InChI is InChI=1S/C15H10N4O4S/c20-14(17-15-18-16-9-24-15)12-8-10(19(21)22)6-7-13(12)23-11-4-2-1-3-5-11/h1-9H,(H,17,18,20). The van der Waals surface area contributed by atoms with Crippen LogP contribution < -0.4 is 10.1 Å². The van der Waals surface area contributed by atoms with Crippen LogP contribution in [-0.4, -0.2) is 21.0 Å². The third-order valence-electron chi connectivity index (χ3n) is 2.97. The molecule has 1 aromatic heterocycles. The van der Waals surface area contributed by atoms with Crippen molar-refractivity contribution in [3.8, 4) is 11.5 Å². The Kier molecular flexibility index (Phi) is 4.43. The fraction of sp³-hybridized carbons (Fsp3) is 0. The van der Waals surface area contributed by atoms with Gasteiger partial charge in [-0.05, 0) is 18.2 Å². The fourth-order valence-electron chi connectivity index (χ4n) is 1.91. The Morgan fingerprint density at radius 2 is 2.00 bits per heavy atom. The molecule has 0 aliphatic rings. The molecule has 24 heavy (non-hydrogen) atoms. The Morgan fingerprint density at radius 1 is 1.21 bits per heavy atom. The summed E-state index contributed by atoms with van der Waals surface area (Å²) in [5.74, 6) is 0.145. The molecule has 0 spiro atoms. The molecule has 120 valence electrons. The number of hydrogen-bond acceptors (Lipinski definition) is 7. The first-order valence-corrected chi connectivity index (χ1v) is 7.60. The number of non-ortho nitro benzene ring substituents is 1. The van der Waals surface area contributed by atoms with E-state index in [9.17, 15) is 14.9 Å². The van der Waals surface area contributed by atoms with Gasteiger partial charge >= 0.3 is 0 Å². The number of nitro groups is 1. The maximum Gasteiger partial charge on any atom is 0.270 e. The second-order valence-corrected chi connectivity index (χ2v) is 5.38. The summed E-state index contributed by atoms with van der Waals surface area (Å²) in [4.78, 5) is 22.8. The van der Waals surface area contributed by atoms with Crippen molar-refractivity contribution in [2.24, 2.45) is 0 Å². The number of para-hydroxylation sites is 1. The maximum absolute atomic E-state index is 12.4. The lowest BCUT2D eigenvalue weighted by Gasteiger charge is -2.10. The van der Waals surface area contributed by atoms with Crippen LogP contribution in [0.15, 0.2) is 54.0 Å².